The third kappa shape index (κ3) is 4.87. The number of hydrogen-bond donors (Lipinski definition) is 2. The summed E-state index contributed by atoms with van der Waals surface area (Å²) in [7, 11) is 0. The molecule has 0 spiro atoms. The van der Waals surface area contributed by atoms with Crippen LogP contribution in [0.4, 0.5) is 0 Å². The van der Waals surface area contributed by atoms with Crippen LogP contribution in [0.2, 0.25) is 0 Å². The van der Waals surface area contributed by atoms with Gasteiger partial charge in [-0.1, -0.05) is 87.8 Å². The molecule has 0 amide bonds. The van der Waals surface area contributed by atoms with E-state index in [4.69, 9.17) is 4.98 Å². The monoisotopic (exact) mass is 498 g/mol. The number of phenolic OH excluding ortho intramolecular Hbond substituents is 2. The molecular weight excluding hydrogens is 456 g/mol. The number of nitrogens with zero attached hydrogens (tertiary/aromatic N) is 2. The topological polar surface area (TPSA) is 66.2 Å². The summed E-state index contributed by atoms with van der Waals surface area (Å²) in [6.07, 6.45) is 16.8. The van der Waals surface area contributed by atoms with Gasteiger partial charge in [-0.25, -0.2) is 0 Å². The van der Waals surface area contributed by atoms with Crippen LogP contribution in [0.25, 0.3) is 0 Å². The highest BCUT2D eigenvalue weighted by Gasteiger charge is 2.37. The maximum absolute atomic E-state index is 11.9. The van der Waals surface area contributed by atoms with Gasteiger partial charge in [-0.3, -0.25) is 9.97 Å². The van der Waals surface area contributed by atoms with Gasteiger partial charge in [0.05, 0.1) is 11.6 Å². The zero-order valence-electron chi connectivity index (χ0n) is 23.0. The van der Waals surface area contributed by atoms with Crippen molar-refractivity contribution in [2.75, 3.05) is 0 Å². The van der Waals surface area contributed by atoms with Gasteiger partial charge in [-0.2, -0.15) is 0 Å². The maximum Gasteiger partial charge on any atom is 0.123 e. The highest BCUT2D eigenvalue weighted by atomic mass is 16.3. The van der Waals surface area contributed by atoms with Crippen molar-refractivity contribution in [1.82, 2.24) is 9.97 Å². The second kappa shape index (κ2) is 10.1. The molecule has 2 N–H and O–H groups in total. The van der Waals surface area contributed by atoms with E-state index in [1.54, 1.807) is 18.6 Å². The highest BCUT2D eigenvalue weighted by Crippen LogP contribution is 2.51. The minimum atomic E-state index is -0.412. The van der Waals surface area contributed by atoms with E-state index in [0.717, 1.165) is 64.8 Å². The molecule has 2 aliphatic rings. The Balaban J connectivity index is 1.73. The molecule has 37 heavy (non-hydrogen) atoms. The molecule has 0 saturated heterocycles. The van der Waals surface area contributed by atoms with Crippen molar-refractivity contribution in [2.24, 2.45) is 0 Å². The quantitative estimate of drug-likeness (QED) is 0.373. The van der Waals surface area contributed by atoms with Crippen molar-refractivity contribution in [2.45, 2.75) is 109 Å². The average Bonchev–Trinajstić information content (AvgIpc) is 2.89. The van der Waals surface area contributed by atoms with Crippen LogP contribution in [0.5, 0.6) is 11.5 Å². The van der Waals surface area contributed by atoms with Crippen LogP contribution in [0, 0.1) is 13.8 Å². The lowest BCUT2D eigenvalue weighted by Gasteiger charge is -2.37. The number of phenols is 2. The van der Waals surface area contributed by atoms with Crippen molar-refractivity contribution >= 4 is 0 Å². The fraction of sp³-hybridized carbons (Fsp3) is 0.515. The number of hydrogen-bond acceptors (Lipinski definition) is 4. The second-order valence-electron chi connectivity index (χ2n) is 12.3. The molecule has 0 bridgehead atoms. The smallest absolute Gasteiger partial charge is 0.123 e. The molecule has 4 heteroatoms. The molecule has 1 aromatic heterocycles. The molecule has 4 nitrogen and oxygen atoms in total. The van der Waals surface area contributed by atoms with E-state index in [-0.39, 0.29) is 10.8 Å². The molecule has 0 unspecified atom stereocenters. The first-order chi connectivity index (χ1) is 17.7. The normalized spacial score (nSPS) is 19.2. The molecular formula is C33H42N2O2. The van der Waals surface area contributed by atoms with E-state index < -0.39 is 5.92 Å². The number of rotatable bonds is 5. The predicted octanol–water partition coefficient (Wildman–Crippen LogP) is 8.13. The Morgan fingerprint density at radius 2 is 1.14 bits per heavy atom. The fourth-order valence-electron chi connectivity index (χ4n) is 7.12. The molecule has 2 aliphatic carbocycles. The molecule has 196 valence electrons. The van der Waals surface area contributed by atoms with Crippen LogP contribution < -0.4 is 0 Å². The highest BCUT2D eigenvalue weighted by molar-refractivity contribution is 5.59. The first-order valence-electron chi connectivity index (χ1n) is 14.2. The summed E-state index contributed by atoms with van der Waals surface area (Å²) in [6, 6.07) is 8.49. The van der Waals surface area contributed by atoms with Gasteiger partial charge in [0, 0.05) is 40.8 Å². The van der Waals surface area contributed by atoms with E-state index in [0.29, 0.717) is 11.5 Å². The Labute approximate surface area is 222 Å². The van der Waals surface area contributed by atoms with Crippen LogP contribution in [-0.4, -0.2) is 20.2 Å². The summed E-state index contributed by atoms with van der Waals surface area (Å²) < 4.78 is 0. The van der Waals surface area contributed by atoms with Crippen molar-refractivity contribution in [3.05, 3.63) is 81.9 Å². The van der Waals surface area contributed by atoms with Gasteiger partial charge in [-0.15, -0.1) is 0 Å². The molecule has 1 heterocycles. The zero-order valence-corrected chi connectivity index (χ0v) is 23.0. The lowest BCUT2D eigenvalue weighted by molar-refractivity contribution is 0.306. The first-order valence-corrected chi connectivity index (χ1v) is 14.2. The summed E-state index contributed by atoms with van der Waals surface area (Å²) >= 11 is 0. The minimum Gasteiger partial charge on any atom is -0.507 e. The molecule has 2 fully saturated rings. The number of benzene rings is 2. The number of aryl methyl sites for hydroxylation is 2. The molecule has 0 radical (unpaired) electrons. The molecule has 2 aromatic carbocycles. The standard InChI is InChI=1S/C33H42N2O2/c1-22-17-24(30(36)26(19-22)32(3)11-7-5-8-12-32)29(28-21-34-15-16-35-28)25-18-23(2)20-27(31(25)37)33(4)13-9-6-10-14-33/h15-21,29,36-37H,5-14H2,1-4H3. The van der Waals surface area contributed by atoms with E-state index in [1.807, 2.05) is 0 Å². The van der Waals surface area contributed by atoms with E-state index in [9.17, 15) is 10.2 Å². The van der Waals surface area contributed by atoms with Gasteiger partial charge in [0.25, 0.3) is 0 Å². The maximum atomic E-state index is 11.9. The molecule has 0 aliphatic heterocycles. The van der Waals surface area contributed by atoms with Crippen molar-refractivity contribution < 1.29 is 10.2 Å². The van der Waals surface area contributed by atoms with E-state index >= 15 is 0 Å². The van der Waals surface area contributed by atoms with Crippen LogP contribution in [0.3, 0.4) is 0 Å². The largest absolute Gasteiger partial charge is 0.507 e. The first kappa shape index (κ1) is 25.8. The van der Waals surface area contributed by atoms with Crippen LogP contribution >= 0.6 is 0 Å². The fourth-order valence-corrected chi connectivity index (χ4v) is 7.12. The summed E-state index contributed by atoms with van der Waals surface area (Å²) in [5, 5.41) is 23.8. The third-order valence-electron chi connectivity index (χ3n) is 9.28. The number of aromatic nitrogens is 2. The zero-order chi connectivity index (χ0) is 26.2. The molecule has 3 aromatic rings. The van der Waals surface area contributed by atoms with Gasteiger partial charge in [0.15, 0.2) is 0 Å². The molecule has 2 saturated carbocycles. The average molecular weight is 499 g/mol. The van der Waals surface area contributed by atoms with E-state index in [2.05, 4.69) is 56.9 Å². The van der Waals surface area contributed by atoms with Crippen LogP contribution in [0.15, 0.2) is 42.9 Å². The van der Waals surface area contributed by atoms with Crippen molar-refractivity contribution in [3.63, 3.8) is 0 Å². The molecule has 0 atom stereocenters. The summed E-state index contributed by atoms with van der Waals surface area (Å²) in [5.41, 5.74) is 6.56. The number of aromatic hydroxyl groups is 2. The van der Waals surface area contributed by atoms with Crippen LogP contribution in [0.1, 0.15) is 123 Å². The van der Waals surface area contributed by atoms with Gasteiger partial charge < -0.3 is 10.2 Å². The lowest BCUT2D eigenvalue weighted by atomic mass is 9.68. The van der Waals surface area contributed by atoms with Gasteiger partial charge >= 0.3 is 0 Å². The molecule has 5 rings (SSSR count). The Morgan fingerprint density at radius 3 is 1.54 bits per heavy atom. The van der Waals surface area contributed by atoms with Gasteiger partial charge in [-0.05, 0) is 50.4 Å². The van der Waals surface area contributed by atoms with Gasteiger partial charge in [0.2, 0.25) is 0 Å². The van der Waals surface area contributed by atoms with Crippen LogP contribution in [-0.2, 0) is 10.8 Å². The Bertz CT molecular complexity index is 1180. The van der Waals surface area contributed by atoms with Gasteiger partial charge in [0.1, 0.15) is 11.5 Å². The third-order valence-corrected chi connectivity index (χ3v) is 9.28. The SMILES string of the molecule is Cc1cc(C(c2cnccn2)c2cc(C)cc(C3(C)CCCCC3)c2O)c(O)c(C2(C)CCCCC2)c1. The summed E-state index contributed by atoms with van der Waals surface area (Å²) in [6.45, 7) is 8.82. The van der Waals surface area contributed by atoms with Crippen molar-refractivity contribution in [1.29, 1.82) is 0 Å². The second-order valence-corrected chi connectivity index (χ2v) is 12.3. The summed E-state index contributed by atoms with van der Waals surface area (Å²) in [4.78, 5) is 9.09. The predicted molar refractivity (Wildman–Crippen MR) is 150 cm³/mol. The Kier molecular flexibility index (Phi) is 7.04. The Morgan fingerprint density at radius 1 is 0.676 bits per heavy atom. The Hall–Kier alpha value is -2.88. The van der Waals surface area contributed by atoms with E-state index in [1.165, 1.54) is 38.5 Å². The lowest BCUT2D eigenvalue weighted by Crippen LogP contribution is -2.26. The minimum absolute atomic E-state index is 0.0502. The summed E-state index contributed by atoms with van der Waals surface area (Å²) in [5.74, 6) is 0.277. The van der Waals surface area contributed by atoms with Crippen molar-refractivity contribution in [3.8, 4) is 11.5 Å².